The average molecular weight is 231 g/mol. The lowest BCUT2D eigenvalue weighted by atomic mass is 10.2. The summed E-state index contributed by atoms with van der Waals surface area (Å²) >= 11 is 2.99. The van der Waals surface area contributed by atoms with E-state index in [9.17, 15) is 4.79 Å². The van der Waals surface area contributed by atoms with E-state index in [0.29, 0.717) is 0 Å². The van der Waals surface area contributed by atoms with E-state index in [1.807, 2.05) is 0 Å². The van der Waals surface area contributed by atoms with Gasteiger partial charge in [0.1, 0.15) is 11.9 Å². The zero-order valence-corrected chi connectivity index (χ0v) is 8.34. The third kappa shape index (κ3) is 4.91. The van der Waals surface area contributed by atoms with E-state index in [4.69, 9.17) is 4.74 Å². The Kier molecular flexibility index (Phi) is 6.38. The van der Waals surface area contributed by atoms with E-state index in [-0.39, 0.29) is 17.9 Å². The minimum atomic E-state index is -0.285. The molecule has 0 heterocycles. The molecule has 66 valence electrons. The van der Waals surface area contributed by atoms with Crippen LogP contribution in [0.4, 0.5) is 0 Å². The molecule has 0 atom stereocenters. The highest BCUT2D eigenvalue weighted by Crippen LogP contribution is 1.98. The quantitative estimate of drug-likeness (QED) is 0.412. The molecule has 0 aliphatic carbocycles. The largest absolute Gasteiger partial charge is 0.460 e. The molecular weight excluding hydrogens is 220 g/mol. The maximum absolute atomic E-state index is 10.7. The molecule has 0 aromatic carbocycles. The average Bonchev–Trinajstić information content (AvgIpc) is 2.11. The van der Waals surface area contributed by atoms with Crippen molar-refractivity contribution in [1.82, 2.24) is 0 Å². The molecule has 0 saturated heterocycles. The van der Waals surface area contributed by atoms with Gasteiger partial charge in [-0.25, -0.2) is 0 Å². The second-order valence-electron chi connectivity index (χ2n) is 1.98. The topological polar surface area (TPSA) is 26.3 Å². The molecule has 0 unspecified atom stereocenters. The Morgan fingerprint density at radius 1 is 1.50 bits per heavy atom. The first kappa shape index (κ1) is 11.2. The lowest BCUT2D eigenvalue weighted by Gasteiger charge is -2.01. The van der Waals surface area contributed by atoms with Gasteiger partial charge >= 0.3 is 5.97 Å². The summed E-state index contributed by atoms with van der Waals surface area (Å²) in [4.78, 5) is 10.7. The van der Waals surface area contributed by atoms with E-state index in [2.05, 4.69) is 29.1 Å². The van der Waals surface area contributed by atoms with Gasteiger partial charge < -0.3 is 4.74 Å². The Labute approximate surface area is 80.7 Å². The SMILES string of the molecule is C=C/C=C(\C=C)COC(=O)CBr. The first-order chi connectivity index (χ1) is 5.74. The highest BCUT2D eigenvalue weighted by molar-refractivity contribution is 9.09. The maximum atomic E-state index is 10.7. The fourth-order valence-electron chi connectivity index (χ4n) is 0.529. The molecule has 0 N–H and O–H groups in total. The normalized spacial score (nSPS) is 10.6. The van der Waals surface area contributed by atoms with Gasteiger partial charge in [-0.05, 0) is 5.57 Å². The Hall–Kier alpha value is -0.830. The predicted molar refractivity (Wildman–Crippen MR) is 53.2 cm³/mol. The summed E-state index contributed by atoms with van der Waals surface area (Å²) in [6, 6.07) is 0. The van der Waals surface area contributed by atoms with Gasteiger partial charge in [0, 0.05) is 0 Å². The van der Waals surface area contributed by atoms with Crippen LogP contribution in [0.1, 0.15) is 0 Å². The molecule has 0 rings (SSSR count). The van der Waals surface area contributed by atoms with Crippen molar-refractivity contribution in [3.63, 3.8) is 0 Å². The summed E-state index contributed by atoms with van der Waals surface area (Å²) in [6.45, 7) is 7.34. The van der Waals surface area contributed by atoms with Crippen molar-refractivity contribution in [1.29, 1.82) is 0 Å². The summed E-state index contributed by atoms with van der Waals surface area (Å²) in [5.41, 5.74) is 0.833. The Bertz CT molecular complexity index is 207. The van der Waals surface area contributed by atoms with Crippen LogP contribution in [0.15, 0.2) is 37.0 Å². The van der Waals surface area contributed by atoms with Crippen LogP contribution in [-0.4, -0.2) is 17.9 Å². The second-order valence-corrected chi connectivity index (χ2v) is 2.54. The monoisotopic (exact) mass is 230 g/mol. The molecule has 0 aliphatic rings. The van der Waals surface area contributed by atoms with Gasteiger partial charge in [-0.1, -0.05) is 47.3 Å². The van der Waals surface area contributed by atoms with Gasteiger partial charge in [-0.15, -0.1) is 0 Å². The van der Waals surface area contributed by atoms with Crippen LogP contribution < -0.4 is 0 Å². The summed E-state index contributed by atoms with van der Waals surface area (Å²) in [5, 5.41) is 0.214. The van der Waals surface area contributed by atoms with Gasteiger partial charge in [0.25, 0.3) is 0 Å². The molecule has 0 amide bonds. The Morgan fingerprint density at radius 3 is 2.58 bits per heavy atom. The van der Waals surface area contributed by atoms with Crippen molar-refractivity contribution in [2.24, 2.45) is 0 Å². The van der Waals surface area contributed by atoms with Gasteiger partial charge in [0.05, 0.1) is 0 Å². The molecular formula is C9H11BrO2. The van der Waals surface area contributed by atoms with E-state index in [0.717, 1.165) is 5.57 Å². The first-order valence-corrected chi connectivity index (χ1v) is 4.52. The first-order valence-electron chi connectivity index (χ1n) is 3.40. The van der Waals surface area contributed by atoms with E-state index >= 15 is 0 Å². The van der Waals surface area contributed by atoms with E-state index in [1.54, 1.807) is 18.2 Å². The fraction of sp³-hybridized carbons (Fsp3) is 0.222. The van der Waals surface area contributed by atoms with Crippen molar-refractivity contribution in [2.75, 3.05) is 11.9 Å². The highest BCUT2D eigenvalue weighted by atomic mass is 79.9. The standard InChI is InChI=1S/C9H11BrO2/c1-3-5-8(4-2)7-12-9(11)6-10/h3-5H,1-2,6-7H2/b8-5+. The van der Waals surface area contributed by atoms with Gasteiger partial charge in [0.15, 0.2) is 0 Å². The van der Waals surface area contributed by atoms with Gasteiger partial charge in [-0.3, -0.25) is 4.79 Å². The molecule has 12 heavy (non-hydrogen) atoms. The van der Waals surface area contributed by atoms with Crippen LogP contribution in [0.5, 0.6) is 0 Å². The number of carbonyl (C=O) groups excluding carboxylic acids is 1. The van der Waals surface area contributed by atoms with Gasteiger partial charge in [0.2, 0.25) is 0 Å². The van der Waals surface area contributed by atoms with Crippen molar-refractivity contribution in [3.8, 4) is 0 Å². The van der Waals surface area contributed by atoms with Crippen LogP contribution >= 0.6 is 15.9 Å². The number of ether oxygens (including phenoxy) is 1. The highest BCUT2D eigenvalue weighted by Gasteiger charge is 1.98. The number of halogens is 1. The second kappa shape index (κ2) is 6.85. The summed E-state index contributed by atoms with van der Waals surface area (Å²) in [5.74, 6) is -0.285. The summed E-state index contributed by atoms with van der Waals surface area (Å²) < 4.78 is 4.82. The molecule has 0 bridgehead atoms. The Morgan fingerprint density at radius 2 is 2.17 bits per heavy atom. The van der Waals surface area contributed by atoms with Crippen molar-refractivity contribution in [3.05, 3.63) is 37.0 Å². The molecule has 0 aliphatic heterocycles. The lowest BCUT2D eigenvalue weighted by molar-refractivity contribution is -0.139. The molecule has 0 radical (unpaired) electrons. The molecule has 0 spiro atoms. The molecule has 0 aromatic rings. The minimum absolute atomic E-state index is 0.214. The number of carbonyl (C=O) groups is 1. The predicted octanol–water partition coefficient (Wildman–Crippen LogP) is 2.22. The third-order valence-electron chi connectivity index (χ3n) is 1.10. The van der Waals surface area contributed by atoms with Crippen LogP contribution in [-0.2, 0) is 9.53 Å². The van der Waals surface area contributed by atoms with Crippen molar-refractivity contribution < 1.29 is 9.53 Å². The smallest absolute Gasteiger partial charge is 0.316 e. The van der Waals surface area contributed by atoms with E-state index in [1.165, 1.54) is 0 Å². The van der Waals surface area contributed by atoms with Crippen LogP contribution in [0.3, 0.4) is 0 Å². The molecule has 3 heteroatoms. The number of allylic oxidation sites excluding steroid dienone is 2. The number of alkyl halides is 1. The zero-order valence-electron chi connectivity index (χ0n) is 6.75. The van der Waals surface area contributed by atoms with Crippen LogP contribution in [0.2, 0.25) is 0 Å². The van der Waals surface area contributed by atoms with Crippen molar-refractivity contribution >= 4 is 21.9 Å². The van der Waals surface area contributed by atoms with Crippen molar-refractivity contribution in [2.45, 2.75) is 0 Å². The molecule has 0 aromatic heterocycles. The lowest BCUT2D eigenvalue weighted by Crippen LogP contribution is -2.07. The molecule has 2 nitrogen and oxygen atoms in total. The third-order valence-corrected chi connectivity index (χ3v) is 1.56. The fourth-order valence-corrected chi connectivity index (χ4v) is 0.691. The maximum Gasteiger partial charge on any atom is 0.316 e. The number of rotatable bonds is 5. The van der Waals surface area contributed by atoms with Crippen LogP contribution in [0.25, 0.3) is 0 Å². The van der Waals surface area contributed by atoms with E-state index < -0.39 is 0 Å². The molecule has 0 fully saturated rings. The summed E-state index contributed by atoms with van der Waals surface area (Å²) in [6.07, 6.45) is 5.00. The zero-order chi connectivity index (χ0) is 9.40. The number of hydrogen-bond donors (Lipinski definition) is 0. The van der Waals surface area contributed by atoms with Crippen LogP contribution in [0, 0.1) is 0 Å². The number of hydrogen-bond acceptors (Lipinski definition) is 2. The number of esters is 1. The Balaban J connectivity index is 3.88. The summed E-state index contributed by atoms with van der Waals surface area (Å²) in [7, 11) is 0. The molecule has 0 saturated carbocycles. The minimum Gasteiger partial charge on any atom is -0.460 e. The van der Waals surface area contributed by atoms with Gasteiger partial charge in [-0.2, -0.15) is 0 Å².